The highest BCUT2D eigenvalue weighted by Crippen LogP contribution is 2.15. The quantitative estimate of drug-likeness (QED) is 0.680. The Kier molecular flexibility index (Phi) is 4.71. The Labute approximate surface area is 92.0 Å². The summed E-state index contributed by atoms with van der Waals surface area (Å²) in [5.74, 6) is 1.63. The predicted molar refractivity (Wildman–Crippen MR) is 62.7 cm³/mol. The van der Waals surface area contributed by atoms with E-state index in [-0.39, 0.29) is 0 Å². The lowest BCUT2D eigenvalue weighted by atomic mass is 10.3. The summed E-state index contributed by atoms with van der Waals surface area (Å²) in [5, 5.41) is 2.77. The summed E-state index contributed by atoms with van der Waals surface area (Å²) in [7, 11) is 0. The average molecular weight is 208 g/mol. The van der Waals surface area contributed by atoms with E-state index in [2.05, 4.69) is 42.4 Å². The van der Waals surface area contributed by atoms with Crippen LogP contribution in [-0.2, 0) is 0 Å². The van der Waals surface area contributed by atoms with Crippen molar-refractivity contribution in [2.24, 2.45) is 11.8 Å². The highest BCUT2D eigenvalue weighted by molar-refractivity contribution is 6.57. The van der Waals surface area contributed by atoms with Crippen LogP contribution < -0.4 is 0 Å². The van der Waals surface area contributed by atoms with E-state index in [0.29, 0.717) is 0 Å². The number of nitrogens with zero attached hydrogens (tertiary/aromatic N) is 2. The van der Waals surface area contributed by atoms with E-state index in [1.54, 1.807) is 0 Å². The lowest BCUT2D eigenvalue weighted by Gasteiger charge is -2.16. The van der Waals surface area contributed by atoms with Gasteiger partial charge in [0.25, 0.3) is 0 Å². The van der Waals surface area contributed by atoms with Crippen molar-refractivity contribution >= 4 is 14.4 Å². The third kappa shape index (κ3) is 3.86. The minimum absolute atomic E-state index is 0.805. The van der Waals surface area contributed by atoms with Gasteiger partial charge in [0.1, 0.15) is 0 Å². The Morgan fingerprint density at radius 1 is 1.14 bits per heavy atom. The Morgan fingerprint density at radius 2 is 1.71 bits per heavy atom. The van der Waals surface area contributed by atoms with E-state index in [0.717, 1.165) is 11.8 Å². The molecule has 0 saturated heterocycles. The van der Waals surface area contributed by atoms with Crippen LogP contribution in [0.2, 0.25) is 10.6 Å². The minimum atomic E-state index is -0.805. The van der Waals surface area contributed by atoms with Gasteiger partial charge < -0.3 is 3.55 Å². The van der Waals surface area contributed by atoms with Crippen LogP contribution >= 0.6 is 0 Å². The van der Waals surface area contributed by atoms with Crippen molar-refractivity contribution in [3.8, 4) is 0 Å². The Morgan fingerprint density at radius 3 is 2.07 bits per heavy atom. The molecule has 0 aliphatic carbocycles. The van der Waals surface area contributed by atoms with Crippen LogP contribution in [0.1, 0.15) is 27.7 Å². The van der Waals surface area contributed by atoms with Crippen LogP contribution in [-0.4, -0.2) is 22.9 Å². The van der Waals surface area contributed by atoms with Gasteiger partial charge in [0.2, 0.25) is 0 Å². The molecule has 14 heavy (non-hydrogen) atoms. The largest absolute Gasteiger partial charge is 0.430 e. The zero-order chi connectivity index (χ0) is 10.6. The molecule has 0 N–H and O–H groups in total. The van der Waals surface area contributed by atoms with Crippen molar-refractivity contribution in [1.29, 1.82) is 0 Å². The van der Waals surface area contributed by atoms with E-state index in [1.807, 2.05) is 12.5 Å². The first-order chi connectivity index (χ1) is 6.59. The minimum Gasteiger partial charge on any atom is -0.430 e. The van der Waals surface area contributed by atoms with Crippen molar-refractivity contribution < 1.29 is 0 Å². The molecule has 0 atom stereocenters. The van der Waals surface area contributed by atoms with Gasteiger partial charge in [-0.1, -0.05) is 50.1 Å². The Balaban J connectivity index is 2.62. The number of imidazole rings is 1. The molecule has 0 amide bonds. The molecule has 0 unspecified atom stereocenters. The third-order valence-corrected chi connectivity index (χ3v) is 6.56. The summed E-state index contributed by atoms with van der Waals surface area (Å²) >= 11 is -0.805. The fourth-order valence-corrected chi connectivity index (χ4v) is 5.36. The van der Waals surface area contributed by atoms with Crippen molar-refractivity contribution in [2.45, 2.75) is 38.3 Å². The molecule has 3 heteroatoms. The number of aromatic nitrogens is 2. The molecule has 1 aromatic heterocycles. The van der Waals surface area contributed by atoms with Gasteiger partial charge in [-0.15, -0.1) is 0 Å². The van der Waals surface area contributed by atoms with Crippen LogP contribution in [0.5, 0.6) is 0 Å². The standard InChI is InChI=1S/2C4H9.C3H3N2.Al/c2*1-4(2)3;1-2-5-3-4-1;/h2*4H,1H2,2-3H3;1-3H;/q;;-1;+1. The molecular weight excluding hydrogens is 187 g/mol. The molecule has 1 aromatic rings. The van der Waals surface area contributed by atoms with E-state index in [1.165, 1.54) is 10.6 Å². The smallest absolute Gasteiger partial charge is 0.420 e. The molecule has 0 bridgehead atoms. The van der Waals surface area contributed by atoms with Gasteiger partial charge in [0.05, 0.1) is 6.33 Å². The molecule has 0 spiro atoms. The van der Waals surface area contributed by atoms with Gasteiger partial charge in [-0.2, -0.15) is 0 Å². The first-order valence-corrected chi connectivity index (χ1v) is 7.72. The van der Waals surface area contributed by atoms with Gasteiger partial charge >= 0.3 is 14.4 Å². The van der Waals surface area contributed by atoms with Crippen molar-refractivity contribution in [3.63, 3.8) is 0 Å². The summed E-state index contributed by atoms with van der Waals surface area (Å²) in [6.07, 6.45) is 6.05. The lowest BCUT2D eigenvalue weighted by molar-refractivity contribution is 0.680. The van der Waals surface area contributed by atoms with Gasteiger partial charge in [0, 0.05) is 6.20 Å². The van der Waals surface area contributed by atoms with Gasteiger partial charge in [-0.3, -0.25) is 0 Å². The molecule has 1 heterocycles. The monoisotopic (exact) mass is 208 g/mol. The molecule has 0 aliphatic rings. The molecule has 2 nitrogen and oxygen atoms in total. The van der Waals surface area contributed by atoms with Gasteiger partial charge in [-0.05, 0) is 6.20 Å². The fourth-order valence-electron chi connectivity index (χ4n) is 1.91. The SMILES string of the molecule is CC(C)[CH2][Al]([CH2]C(C)C)[n]1ccnc1. The second kappa shape index (κ2) is 5.58. The summed E-state index contributed by atoms with van der Waals surface area (Å²) in [6.45, 7) is 9.27. The maximum Gasteiger partial charge on any atom is 0.420 e. The van der Waals surface area contributed by atoms with E-state index in [4.69, 9.17) is 0 Å². The van der Waals surface area contributed by atoms with Crippen LogP contribution in [0, 0.1) is 11.8 Å². The van der Waals surface area contributed by atoms with E-state index >= 15 is 0 Å². The second-order valence-corrected chi connectivity index (χ2v) is 7.77. The Bertz CT molecular complexity index is 232. The molecule has 0 fully saturated rings. The Hall–Kier alpha value is -0.258. The third-order valence-electron chi connectivity index (χ3n) is 2.43. The maximum atomic E-state index is 4.16. The van der Waals surface area contributed by atoms with Gasteiger partial charge in [-0.25, -0.2) is 4.98 Å². The average Bonchev–Trinajstić information content (AvgIpc) is 2.52. The van der Waals surface area contributed by atoms with Gasteiger partial charge in [0.15, 0.2) is 0 Å². The number of hydrogen-bond donors (Lipinski definition) is 0. The fraction of sp³-hybridized carbons (Fsp3) is 0.727. The first kappa shape index (κ1) is 11.8. The highest BCUT2D eigenvalue weighted by atomic mass is 27.2. The summed E-state index contributed by atoms with van der Waals surface area (Å²) in [5.41, 5.74) is 0. The van der Waals surface area contributed by atoms with E-state index in [9.17, 15) is 0 Å². The van der Waals surface area contributed by atoms with Crippen LogP contribution in [0.3, 0.4) is 0 Å². The predicted octanol–water partition coefficient (Wildman–Crippen LogP) is 3.03. The number of hydrogen-bond acceptors (Lipinski definition) is 1. The van der Waals surface area contributed by atoms with Crippen LogP contribution in [0.4, 0.5) is 0 Å². The molecule has 1 rings (SSSR count). The van der Waals surface area contributed by atoms with Crippen LogP contribution in [0.15, 0.2) is 18.7 Å². The van der Waals surface area contributed by atoms with Crippen molar-refractivity contribution in [3.05, 3.63) is 18.7 Å². The maximum absolute atomic E-state index is 4.16. The summed E-state index contributed by atoms with van der Waals surface area (Å²) in [6, 6.07) is 0. The topological polar surface area (TPSA) is 17.8 Å². The molecule has 0 radical (unpaired) electrons. The summed E-state index contributed by atoms with van der Waals surface area (Å²) in [4.78, 5) is 4.16. The number of rotatable bonds is 5. The highest BCUT2D eigenvalue weighted by Gasteiger charge is 2.23. The van der Waals surface area contributed by atoms with Crippen LogP contribution in [0.25, 0.3) is 0 Å². The zero-order valence-electron chi connectivity index (χ0n) is 9.77. The summed E-state index contributed by atoms with van der Waals surface area (Å²) < 4.78 is 2.39. The molecule has 0 aliphatic heterocycles. The second-order valence-electron chi connectivity index (χ2n) is 4.92. The normalized spacial score (nSPS) is 11.3. The molecular formula is C11H21AlN2. The van der Waals surface area contributed by atoms with E-state index < -0.39 is 14.4 Å². The van der Waals surface area contributed by atoms with Crippen molar-refractivity contribution in [1.82, 2.24) is 8.53 Å². The zero-order valence-corrected chi connectivity index (χ0v) is 10.9. The first-order valence-electron chi connectivity index (χ1n) is 5.57. The van der Waals surface area contributed by atoms with Crippen molar-refractivity contribution in [2.75, 3.05) is 0 Å². The molecule has 0 aromatic carbocycles. The molecule has 78 valence electrons. The molecule has 0 saturated carbocycles. The lowest BCUT2D eigenvalue weighted by Crippen LogP contribution is -2.26.